The van der Waals surface area contributed by atoms with Gasteiger partial charge in [-0.2, -0.15) is 0 Å². The number of amides is 2. The van der Waals surface area contributed by atoms with Crippen LogP contribution in [0.4, 0.5) is 4.79 Å². The van der Waals surface area contributed by atoms with Crippen molar-refractivity contribution in [2.24, 2.45) is 0 Å². The maximum atomic E-state index is 11.7. The van der Waals surface area contributed by atoms with Crippen LogP contribution in [0.3, 0.4) is 0 Å². The molecule has 0 aliphatic carbocycles. The molecule has 1 aromatic carbocycles. The molecular weight excluding hydrogens is 252 g/mol. The number of carbonyl (C=O) groups is 1. The van der Waals surface area contributed by atoms with Crippen molar-refractivity contribution in [3.8, 4) is 11.8 Å². The van der Waals surface area contributed by atoms with Gasteiger partial charge in [-0.3, -0.25) is 0 Å². The van der Waals surface area contributed by atoms with Gasteiger partial charge in [-0.15, -0.1) is 0 Å². The van der Waals surface area contributed by atoms with E-state index in [4.69, 9.17) is 5.11 Å². The molecule has 4 heteroatoms. The fourth-order valence-electron chi connectivity index (χ4n) is 1.68. The van der Waals surface area contributed by atoms with Crippen molar-refractivity contribution < 1.29 is 9.90 Å². The zero-order valence-corrected chi connectivity index (χ0v) is 12.1. The topological polar surface area (TPSA) is 61.4 Å². The maximum Gasteiger partial charge on any atom is 0.315 e. The second-order valence-electron chi connectivity index (χ2n) is 4.86. The lowest BCUT2D eigenvalue weighted by molar-refractivity contribution is 0.201. The van der Waals surface area contributed by atoms with E-state index in [9.17, 15) is 4.79 Å². The third kappa shape index (κ3) is 5.77. The summed E-state index contributed by atoms with van der Waals surface area (Å²) in [6, 6.07) is 9.36. The number of hydrogen-bond donors (Lipinski definition) is 3. The summed E-state index contributed by atoms with van der Waals surface area (Å²) in [5.41, 5.74) is 0.541. The van der Waals surface area contributed by atoms with Gasteiger partial charge >= 0.3 is 6.03 Å². The molecule has 0 heterocycles. The van der Waals surface area contributed by atoms with Crippen LogP contribution >= 0.6 is 0 Å². The third-order valence-electron chi connectivity index (χ3n) is 3.20. The quantitative estimate of drug-likeness (QED) is 0.718. The summed E-state index contributed by atoms with van der Waals surface area (Å²) in [6.07, 6.45) is 1.29. The van der Waals surface area contributed by atoms with Crippen molar-refractivity contribution >= 4 is 6.03 Å². The summed E-state index contributed by atoms with van der Waals surface area (Å²) >= 11 is 0. The lowest BCUT2D eigenvalue weighted by atomic mass is 9.95. The number of carbonyl (C=O) groups excluding carboxylic acids is 1. The lowest BCUT2D eigenvalue weighted by Crippen LogP contribution is -2.50. The number of aliphatic hydroxyl groups excluding tert-OH is 1. The summed E-state index contributed by atoms with van der Waals surface area (Å²) in [7, 11) is 0. The monoisotopic (exact) mass is 274 g/mol. The van der Waals surface area contributed by atoms with Crippen molar-refractivity contribution in [3.05, 3.63) is 35.9 Å². The first-order valence-electron chi connectivity index (χ1n) is 6.80. The van der Waals surface area contributed by atoms with Crippen LogP contribution in [-0.4, -0.2) is 29.8 Å². The summed E-state index contributed by atoms with van der Waals surface area (Å²) in [5.74, 6) is 5.87. The molecule has 0 spiro atoms. The van der Waals surface area contributed by atoms with Crippen molar-refractivity contribution in [3.63, 3.8) is 0 Å². The fourth-order valence-corrected chi connectivity index (χ4v) is 1.68. The average Bonchev–Trinajstić information content (AvgIpc) is 2.45. The Morgan fingerprint density at radius 1 is 1.35 bits per heavy atom. The Morgan fingerprint density at radius 2 is 2.05 bits per heavy atom. The van der Waals surface area contributed by atoms with Gasteiger partial charge in [0.15, 0.2) is 0 Å². The molecule has 0 bridgehead atoms. The van der Waals surface area contributed by atoms with Crippen LogP contribution in [0.2, 0.25) is 0 Å². The van der Waals surface area contributed by atoms with E-state index in [1.54, 1.807) is 0 Å². The van der Waals surface area contributed by atoms with Crippen LogP contribution in [0.25, 0.3) is 0 Å². The van der Waals surface area contributed by atoms with Gasteiger partial charge < -0.3 is 15.7 Å². The predicted octanol–water partition coefficient (Wildman–Crippen LogP) is 1.89. The van der Waals surface area contributed by atoms with Gasteiger partial charge in [-0.25, -0.2) is 4.79 Å². The third-order valence-corrected chi connectivity index (χ3v) is 3.20. The number of aliphatic hydroxyl groups is 1. The van der Waals surface area contributed by atoms with Crippen LogP contribution in [0.1, 0.15) is 32.3 Å². The van der Waals surface area contributed by atoms with E-state index >= 15 is 0 Å². The van der Waals surface area contributed by atoms with E-state index in [0.29, 0.717) is 13.0 Å². The van der Waals surface area contributed by atoms with Crippen LogP contribution in [-0.2, 0) is 0 Å². The SMILES string of the molecule is CC[C@](C)(CCO)NC(=O)NCC#Cc1ccccc1. The van der Waals surface area contributed by atoms with Crippen molar-refractivity contribution in [2.75, 3.05) is 13.2 Å². The Kier molecular flexibility index (Phi) is 6.61. The van der Waals surface area contributed by atoms with Crippen LogP contribution in [0.5, 0.6) is 0 Å². The number of rotatable bonds is 5. The highest BCUT2D eigenvalue weighted by molar-refractivity contribution is 5.75. The molecule has 0 aromatic heterocycles. The molecule has 1 aromatic rings. The molecule has 4 nitrogen and oxygen atoms in total. The molecule has 0 aliphatic rings. The molecule has 0 fully saturated rings. The van der Waals surface area contributed by atoms with Crippen LogP contribution in [0.15, 0.2) is 30.3 Å². The number of urea groups is 1. The molecule has 2 amide bonds. The highest BCUT2D eigenvalue weighted by atomic mass is 16.3. The smallest absolute Gasteiger partial charge is 0.315 e. The molecule has 1 rings (SSSR count). The summed E-state index contributed by atoms with van der Waals surface area (Å²) in [4.78, 5) is 11.7. The second kappa shape index (κ2) is 8.23. The fraction of sp³-hybridized carbons (Fsp3) is 0.438. The van der Waals surface area contributed by atoms with Crippen molar-refractivity contribution in [1.29, 1.82) is 0 Å². The molecule has 0 saturated carbocycles. The standard InChI is InChI=1S/C16H22N2O2/c1-3-16(2,11-13-19)18-15(20)17-12-7-10-14-8-5-4-6-9-14/h4-6,8-9,19H,3,11-13H2,1-2H3,(H2,17,18,20)/t16-/m1/s1. The van der Waals surface area contributed by atoms with Crippen LogP contribution < -0.4 is 10.6 Å². The highest BCUT2D eigenvalue weighted by Gasteiger charge is 2.23. The van der Waals surface area contributed by atoms with Gasteiger partial charge in [0.2, 0.25) is 0 Å². The van der Waals surface area contributed by atoms with Gasteiger partial charge in [-0.1, -0.05) is 37.0 Å². The van der Waals surface area contributed by atoms with E-state index in [1.807, 2.05) is 44.2 Å². The summed E-state index contributed by atoms with van der Waals surface area (Å²) in [6.45, 7) is 4.24. The molecule has 0 saturated heterocycles. The van der Waals surface area contributed by atoms with Crippen molar-refractivity contribution in [2.45, 2.75) is 32.2 Å². The highest BCUT2D eigenvalue weighted by Crippen LogP contribution is 2.13. The van der Waals surface area contributed by atoms with E-state index < -0.39 is 0 Å². The first-order chi connectivity index (χ1) is 9.59. The van der Waals surface area contributed by atoms with Crippen LogP contribution in [0, 0.1) is 11.8 Å². The van der Waals surface area contributed by atoms with Gasteiger partial charge in [0.05, 0.1) is 6.54 Å². The molecule has 0 unspecified atom stereocenters. The van der Waals surface area contributed by atoms with E-state index in [0.717, 1.165) is 12.0 Å². The minimum absolute atomic E-state index is 0.0540. The Labute approximate surface area is 120 Å². The molecule has 20 heavy (non-hydrogen) atoms. The first-order valence-corrected chi connectivity index (χ1v) is 6.80. The normalized spacial score (nSPS) is 12.8. The Hall–Kier alpha value is -1.99. The van der Waals surface area contributed by atoms with E-state index in [1.165, 1.54) is 0 Å². The Balaban J connectivity index is 2.39. The lowest BCUT2D eigenvalue weighted by Gasteiger charge is -2.28. The predicted molar refractivity (Wildman–Crippen MR) is 80.3 cm³/mol. The minimum Gasteiger partial charge on any atom is -0.396 e. The molecule has 0 aliphatic heterocycles. The second-order valence-corrected chi connectivity index (χ2v) is 4.86. The average molecular weight is 274 g/mol. The molecule has 108 valence electrons. The van der Waals surface area contributed by atoms with Gasteiger partial charge in [0.25, 0.3) is 0 Å². The molecular formula is C16H22N2O2. The van der Waals surface area contributed by atoms with Gasteiger partial charge in [0.1, 0.15) is 0 Å². The Bertz CT molecular complexity index is 476. The maximum absolute atomic E-state index is 11.7. The summed E-state index contributed by atoms with van der Waals surface area (Å²) in [5, 5.41) is 14.6. The minimum atomic E-state index is -0.383. The van der Waals surface area contributed by atoms with E-state index in [-0.39, 0.29) is 18.2 Å². The van der Waals surface area contributed by atoms with Gasteiger partial charge in [0, 0.05) is 17.7 Å². The van der Waals surface area contributed by atoms with Gasteiger partial charge in [-0.05, 0) is 31.9 Å². The zero-order chi connectivity index (χ0) is 14.8. The summed E-state index contributed by atoms with van der Waals surface area (Å²) < 4.78 is 0. The molecule has 1 atom stereocenters. The molecule has 3 N–H and O–H groups in total. The van der Waals surface area contributed by atoms with Crippen molar-refractivity contribution in [1.82, 2.24) is 10.6 Å². The number of hydrogen-bond acceptors (Lipinski definition) is 2. The zero-order valence-electron chi connectivity index (χ0n) is 12.1. The molecule has 0 radical (unpaired) electrons. The first kappa shape index (κ1) is 16.1. The largest absolute Gasteiger partial charge is 0.396 e. The number of benzene rings is 1. The van der Waals surface area contributed by atoms with E-state index in [2.05, 4.69) is 22.5 Å². The number of nitrogens with one attached hydrogen (secondary N) is 2. The Morgan fingerprint density at radius 3 is 2.65 bits per heavy atom.